The molecule has 1 nitrogen and oxygen atoms in total. The van der Waals surface area contributed by atoms with Gasteiger partial charge in [0.2, 0.25) is 0 Å². The molecule has 0 heterocycles. The lowest BCUT2D eigenvalue weighted by Gasteiger charge is -2.19. The van der Waals surface area contributed by atoms with Crippen LogP contribution in [0.15, 0.2) is 40.9 Å². The third-order valence-electron chi connectivity index (χ3n) is 3.23. The predicted octanol–water partition coefficient (Wildman–Crippen LogP) is 4.76. The smallest absolute Gasteiger partial charge is 0.137 e. The molecule has 0 saturated heterocycles. The number of likely N-dealkylation sites (N-methyl/N-ethyl adjacent to an activating group) is 1. The lowest BCUT2D eigenvalue weighted by molar-refractivity contribution is 0.518. The van der Waals surface area contributed by atoms with E-state index in [2.05, 4.69) is 21.2 Å². The summed E-state index contributed by atoms with van der Waals surface area (Å²) in [4.78, 5) is 0. The van der Waals surface area contributed by atoms with Crippen LogP contribution in [0.1, 0.15) is 24.1 Å². The van der Waals surface area contributed by atoms with Crippen LogP contribution in [0.3, 0.4) is 0 Å². The maximum Gasteiger partial charge on any atom is 0.137 e. The number of benzene rings is 2. The number of hydrogen-bond donors (Lipinski definition) is 1. The number of rotatable bonds is 5. The van der Waals surface area contributed by atoms with E-state index in [0.29, 0.717) is 16.6 Å². The Kier molecular flexibility index (Phi) is 5.42. The van der Waals surface area contributed by atoms with Crippen molar-refractivity contribution in [3.05, 3.63) is 69.4 Å². The van der Waals surface area contributed by atoms with Crippen molar-refractivity contribution < 1.29 is 13.2 Å². The van der Waals surface area contributed by atoms with Gasteiger partial charge in [0.1, 0.15) is 17.5 Å². The minimum atomic E-state index is -0.483. The van der Waals surface area contributed by atoms with Crippen molar-refractivity contribution >= 4 is 15.9 Å². The molecule has 1 unspecified atom stereocenters. The number of hydrogen-bond acceptors (Lipinski definition) is 1. The molecule has 0 aliphatic heterocycles. The van der Waals surface area contributed by atoms with Crippen molar-refractivity contribution in [2.24, 2.45) is 0 Å². The van der Waals surface area contributed by atoms with E-state index in [9.17, 15) is 13.2 Å². The third kappa shape index (κ3) is 4.08. The monoisotopic (exact) mass is 357 g/mol. The second-order valence-electron chi connectivity index (χ2n) is 4.72. The highest BCUT2D eigenvalue weighted by Crippen LogP contribution is 2.24. The molecule has 2 rings (SSSR count). The molecular formula is C16H15BrF3N. The van der Waals surface area contributed by atoms with E-state index in [1.165, 1.54) is 12.1 Å². The maximum atomic E-state index is 13.8. The molecule has 0 bridgehead atoms. The Morgan fingerprint density at radius 3 is 2.48 bits per heavy atom. The summed E-state index contributed by atoms with van der Waals surface area (Å²) in [5, 5.41) is 3.17. The summed E-state index contributed by atoms with van der Waals surface area (Å²) in [6.45, 7) is 2.55. The van der Waals surface area contributed by atoms with E-state index in [-0.39, 0.29) is 23.8 Å². The van der Waals surface area contributed by atoms with Crippen molar-refractivity contribution in [2.75, 3.05) is 6.54 Å². The van der Waals surface area contributed by atoms with E-state index in [1.807, 2.05) is 6.92 Å². The molecule has 0 saturated carbocycles. The molecule has 0 aliphatic rings. The summed E-state index contributed by atoms with van der Waals surface area (Å²) in [6, 6.07) is 7.85. The minimum Gasteiger partial charge on any atom is -0.310 e. The molecule has 2 aromatic carbocycles. The zero-order valence-corrected chi connectivity index (χ0v) is 13.1. The fourth-order valence-electron chi connectivity index (χ4n) is 2.20. The molecular weight excluding hydrogens is 343 g/mol. The van der Waals surface area contributed by atoms with Crippen molar-refractivity contribution in [1.82, 2.24) is 5.32 Å². The van der Waals surface area contributed by atoms with Gasteiger partial charge in [-0.2, -0.15) is 0 Å². The second-order valence-corrected chi connectivity index (χ2v) is 5.58. The quantitative estimate of drug-likeness (QED) is 0.813. The van der Waals surface area contributed by atoms with Gasteiger partial charge >= 0.3 is 0 Å². The van der Waals surface area contributed by atoms with Crippen LogP contribution in [-0.4, -0.2) is 6.54 Å². The lowest BCUT2D eigenvalue weighted by atomic mass is 9.98. The molecule has 5 heteroatoms. The Morgan fingerprint density at radius 1 is 1.05 bits per heavy atom. The summed E-state index contributed by atoms with van der Waals surface area (Å²) >= 11 is 3.10. The number of halogens is 4. The molecule has 0 spiro atoms. The van der Waals surface area contributed by atoms with E-state index in [4.69, 9.17) is 0 Å². The van der Waals surface area contributed by atoms with Crippen LogP contribution in [0.25, 0.3) is 0 Å². The summed E-state index contributed by atoms with van der Waals surface area (Å²) in [7, 11) is 0. The van der Waals surface area contributed by atoms with Gasteiger partial charge in [-0.25, -0.2) is 13.2 Å². The first-order valence-corrected chi connectivity index (χ1v) is 7.42. The lowest BCUT2D eigenvalue weighted by Crippen LogP contribution is -2.23. The van der Waals surface area contributed by atoms with E-state index in [0.717, 1.165) is 12.1 Å². The van der Waals surface area contributed by atoms with Gasteiger partial charge in [0.15, 0.2) is 0 Å². The summed E-state index contributed by atoms with van der Waals surface area (Å²) < 4.78 is 41.0. The van der Waals surface area contributed by atoms with Gasteiger partial charge in [0.25, 0.3) is 0 Å². The average Bonchev–Trinajstić information content (AvgIpc) is 2.45. The molecule has 0 radical (unpaired) electrons. The van der Waals surface area contributed by atoms with Crippen LogP contribution >= 0.6 is 15.9 Å². The Labute approximate surface area is 130 Å². The fraction of sp³-hybridized carbons (Fsp3) is 0.250. The van der Waals surface area contributed by atoms with Crippen molar-refractivity contribution in [2.45, 2.75) is 19.4 Å². The second kappa shape index (κ2) is 7.09. The maximum absolute atomic E-state index is 13.8. The molecule has 0 fully saturated rings. The van der Waals surface area contributed by atoms with Gasteiger partial charge in [-0.3, -0.25) is 0 Å². The molecule has 0 aromatic heterocycles. The first kappa shape index (κ1) is 16.0. The predicted molar refractivity (Wildman–Crippen MR) is 80.6 cm³/mol. The van der Waals surface area contributed by atoms with Gasteiger partial charge in [0, 0.05) is 6.04 Å². The molecule has 0 amide bonds. The van der Waals surface area contributed by atoms with Crippen LogP contribution in [0, 0.1) is 17.5 Å². The minimum absolute atomic E-state index is 0.249. The highest BCUT2D eigenvalue weighted by atomic mass is 79.9. The van der Waals surface area contributed by atoms with Gasteiger partial charge in [0.05, 0.1) is 4.47 Å². The van der Waals surface area contributed by atoms with Crippen LogP contribution in [0.4, 0.5) is 13.2 Å². The first-order chi connectivity index (χ1) is 10.0. The van der Waals surface area contributed by atoms with Crippen molar-refractivity contribution in [1.29, 1.82) is 0 Å². The van der Waals surface area contributed by atoms with Crippen LogP contribution in [0.2, 0.25) is 0 Å². The Balaban J connectivity index is 2.30. The van der Waals surface area contributed by atoms with E-state index >= 15 is 0 Å². The van der Waals surface area contributed by atoms with Crippen molar-refractivity contribution in [3.63, 3.8) is 0 Å². The van der Waals surface area contributed by atoms with Crippen LogP contribution in [-0.2, 0) is 6.42 Å². The standard InChI is InChI=1S/C16H15BrF3N/c1-2-21-16(10-3-5-13(17)15(20)8-10)9-11-7-12(18)4-6-14(11)19/h3-8,16,21H,2,9H2,1H3. The topological polar surface area (TPSA) is 12.0 Å². The largest absolute Gasteiger partial charge is 0.310 e. The van der Waals surface area contributed by atoms with Gasteiger partial charge in [-0.15, -0.1) is 0 Å². The van der Waals surface area contributed by atoms with Gasteiger partial charge in [-0.1, -0.05) is 13.0 Å². The third-order valence-corrected chi connectivity index (χ3v) is 3.87. The molecule has 21 heavy (non-hydrogen) atoms. The van der Waals surface area contributed by atoms with E-state index in [1.54, 1.807) is 12.1 Å². The fourth-order valence-corrected chi connectivity index (χ4v) is 2.45. The summed E-state index contributed by atoms with van der Waals surface area (Å²) in [6.07, 6.45) is 0.249. The Bertz CT molecular complexity index is 631. The normalized spacial score (nSPS) is 12.4. The molecule has 112 valence electrons. The molecule has 1 atom stereocenters. The molecule has 2 aromatic rings. The highest BCUT2D eigenvalue weighted by Gasteiger charge is 2.15. The van der Waals surface area contributed by atoms with Crippen LogP contribution in [0.5, 0.6) is 0 Å². The Hall–Kier alpha value is -1.33. The SMILES string of the molecule is CCNC(Cc1cc(F)ccc1F)c1ccc(Br)c(F)c1. The zero-order valence-electron chi connectivity index (χ0n) is 11.5. The van der Waals surface area contributed by atoms with Crippen LogP contribution < -0.4 is 5.32 Å². The molecule has 0 aliphatic carbocycles. The van der Waals surface area contributed by atoms with Gasteiger partial charge < -0.3 is 5.32 Å². The highest BCUT2D eigenvalue weighted by molar-refractivity contribution is 9.10. The summed E-state index contributed by atoms with van der Waals surface area (Å²) in [5.74, 6) is -1.32. The van der Waals surface area contributed by atoms with E-state index < -0.39 is 11.6 Å². The summed E-state index contributed by atoms with van der Waals surface area (Å²) in [5.41, 5.74) is 0.963. The first-order valence-electron chi connectivity index (χ1n) is 6.63. The number of nitrogens with one attached hydrogen (secondary N) is 1. The Morgan fingerprint density at radius 2 is 1.81 bits per heavy atom. The van der Waals surface area contributed by atoms with Crippen molar-refractivity contribution in [3.8, 4) is 0 Å². The molecule has 1 N–H and O–H groups in total. The zero-order chi connectivity index (χ0) is 15.4. The average molecular weight is 358 g/mol. The van der Waals surface area contributed by atoms with Gasteiger partial charge in [-0.05, 0) is 70.4 Å².